The molecule has 2 aromatic carbocycles. The van der Waals surface area contributed by atoms with Crippen molar-refractivity contribution in [2.24, 2.45) is 0 Å². The van der Waals surface area contributed by atoms with E-state index in [1.165, 1.54) is 13.2 Å². The van der Waals surface area contributed by atoms with Gasteiger partial charge >= 0.3 is 5.97 Å². The third-order valence-corrected chi connectivity index (χ3v) is 3.40. The molecule has 3 aromatic rings. The van der Waals surface area contributed by atoms with Crippen molar-refractivity contribution in [2.75, 3.05) is 7.11 Å². The Kier molecular flexibility index (Phi) is 2.95. The van der Waals surface area contributed by atoms with E-state index in [9.17, 15) is 9.59 Å². The lowest BCUT2D eigenvalue weighted by Crippen LogP contribution is -2.11. The standard InChI is InChI=1S/C15H9ClO4/c1-19-15(18)12-9(16)6-7-11-13(12)14(17)8-4-2-3-5-10(8)20-11/h2-7H,1H3. The van der Waals surface area contributed by atoms with Gasteiger partial charge in [0.15, 0.2) is 0 Å². The van der Waals surface area contributed by atoms with Gasteiger partial charge in [-0.15, -0.1) is 0 Å². The molecule has 0 N–H and O–H groups in total. The zero-order valence-electron chi connectivity index (χ0n) is 10.5. The zero-order chi connectivity index (χ0) is 14.3. The minimum Gasteiger partial charge on any atom is -0.465 e. The summed E-state index contributed by atoms with van der Waals surface area (Å²) < 4.78 is 10.3. The number of para-hydroxylation sites is 1. The van der Waals surface area contributed by atoms with Crippen LogP contribution in [0.4, 0.5) is 0 Å². The molecule has 5 heteroatoms. The molecule has 0 saturated carbocycles. The second kappa shape index (κ2) is 4.65. The third kappa shape index (κ3) is 1.77. The van der Waals surface area contributed by atoms with Gasteiger partial charge in [-0.25, -0.2) is 4.79 Å². The molecule has 0 aliphatic heterocycles. The van der Waals surface area contributed by atoms with Crippen molar-refractivity contribution in [1.82, 2.24) is 0 Å². The lowest BCUT2D eigenvalue weighted by molar-refractivity contribution is 0.0603. The summed E-state index contributed by atoms with van der Waals surface area (Å²) in [4.78, 5) is 24.4. The maximum Gasteiger partial charge on any atom is 0.340 e. The zero-order valence-corrected chi connectivity index (χ0v) is 11.2. The van der Waals surface area contributed by atoms with Gasteiger partial charge in [0.2, 0.25) is 5.43 Å². The van der Waals surface area contributed by atoms with Gasteiger partial charge < -0.3 is 9.15 Å². The maximum absolute atomic E-state index is 12.6. The van der Waals surface area contributed by atoms with Gasteiger partial charge in [-0.05, 0) is 24.3 Å². The number of hydrogen-bond acceptors (Lipinski definition) is 4. The second-order valence-electron chi connectivity index (χ2n) is 4.21. The Hall–Kier alpha value is -2.33. The highest BCUT2D eigenvalue weighted by Gasteiger charge is 2.20. The molecule has 1 aromatic heterocycles. The van der Waals surface area contributed by atoms with Gasteiger partial charge in [0, 0.05) is 0 Å². The molecule has 0 amide bonds. The number of benzene rings is 2. The number of carbonyl (C=O) groups excluding carboxylic acids is 1. The number of ether oxygens (including phenoxy) is 1. The first-order valence-corrected chi connectivity index (χ1v) is 6.23. The predicted octanol–water partition coefficient (Wildman–Crippen LogP) is 3.39. The molecule has 3 rings (SSSR count). The lowest BCUT2D eigenvalue weighted by Gasteiger charge is -2.07. The van der Waals surface area contributed by atoms with E-state index in [1.807, 2.05) is 0 Å². The monoisotopic (exact) mass is 288 g/mol. The van der Waals surface area contributed by atoms with Crippen molar-refractivity contribution in [1.29, 1.82) is 0 Å². The molecule has 0 radical (unpaired) electrons. The molecule has 0 fully saturated rings. The van der Waals surface area contributed by atoms with Crippen LogP contribution in [0.5, 0.6) is 0 Å². The molecule has 20 heavy (non-hydrogen) atoms. The summed E-state index contributed by atoms with van der Waals surface area (Å²) >= 11 is 6.02. The van der Waals surface area contributed by atoms with Crippen molar-refractivity contribution in [3.8, 4) is 0 Å². The molecular weight excluding hydrogens is 280 g/mol. The predicted molar refractivity (Wildman–Crippen MR) is 76.3 cm³/mol. The van der Waals surface area contributed by atoms with Crippen LogP contribution in [0.25, 0.3) is 21.9 Å². The normalized spacial score (nSPS) is 10.9. The number of fused-ring (bicyclic) bond motifs is 2. The molecular formula is C15H9ClO4. The first-order valence-electron chi connectivity index (χ1n) is 5.86. The number of carbonyl (C=O) groups is 1. The van der Waals surface area contributed by atoms with Gasteiger partial charge in [-0.3, -0.25) is 4.79 Å². The van der Waals surface area contributed by atoms with E-state index in [4.69, 9.17) is 16.0 Å². The van der Waals surface area contributed by atoms with Crippen LogP contribution in [0.3, 0.4) is 0 Å². The fourth-order valence-corrected chi connectivity index (χ4v) is 2.40. The van der Waals surface area contributed by atoms with Crippen LogP contribution >= 0.6 is 11.6 Å². The van der Waals surface area contributed by atoms with Crippen molar-refractivity contribution in [2.45, 2.75) is 0 Å². The molecule has 0 spiro atoms. The molecule has 4 nitrogen and oxygen atoms in total. The van der Waals surface area contributed by atoms with E-state index < -0.39 is 5.97 Å². The molecule has 100 valence electrons. The number of hydrogen-bond donors (Lipinski definition) is 0. The summed E-state index contributed by atoms with van der Waals surface area (Å²) in [7, 11) is 1.24. The topological polar surface area (TPSA) is 56.5 Å². The quantitative estimate of drug-likeness (QED) is 0.509. The summed E-state index contributed by atoms with van der Waals surface area (Å²) in [5.41, 5.74) is 0.498. The number of rotatable bonds is 1. The van der Waals surface area contributed by atoms with E-state index in [-0.39, 0.29) is 21.4 Å². The Morgan fingerprint density at radius 2 is 1.90 bits per heavy atom. The van der Waals surface area contributed by atoms with Gasteiger partial charge in [0.25, 0.3) is 0 Å². The second-order valence-corrected chi connectivity index (χ2v) is 4.62. The van der Waals surface area contributed by atoms with Gasteiger partial charge in [-0.1, -0.05) is 23.7 Å². The first-order chi connectivity index (χ1) is 9.63. The van der Waals surface area contributed by atoms with Crippen LogP contribution < -0.4 is 5.43 Å². The Morgan fingerprint density at radius 3 is 2.65 bits per heavy atom. The Bertz CT molecular complexity index is 895. The van der Waals surface area contributed by atoms with Crippen LogP contribution in [0.15, 0.2) is 45.6 Å². The van der Waals surface area contributed by atoms with E-state index in [1.54, 1.807) is 30.3 Å². The van der Waals surface area contributed by atoms with Crippen molar-refractivity contribution in [3.63, 3.8) is 0 Å². The van der Waals surface area contributed by atoms with E-state index in [0.29, 0.717) is 16.6 Å². The maximum atomic E-state index is 12.6. The summed E-state index contributed by atoms with van der Waals surface area (Å²) in [6.07, 6.45) is 0. The number of methoxy groups -OCH3 is 1. The van der Waals surface area contributed by atoms with Gasteiger partial charge in [0.1, 0.15) is 11.2 Å². The molecule has 0 saturated heterocycles. The van der Waals surface area contributed by atoms with Crippen LogP contribution in [0, 0.1) is 0 Å². The molecule has 0 atom stereocenters. The molecule has 0 bridgehead atoms. The number of halogens is 1. The lowest BCUT2D eigenvalue weighted by atomic mass is 10.1. The van der Waals surface area contributed by atoms with Gasteiger partial charge in [0.05, 0.1) is 28.5 Å². The van der Waals surface area contributed by atoms with Crippen molar-refractivity contribution in [3.05, 3.63) is 57.2 Å². The average Bonchev–Trinajstić information content (AvgIpc) is 2.47. The Labute approximate surface area is 118 Å². The summed E-state index contributed by atoms with van der Waals surface area (Å²) in [5.74, 6) is -0.664. The Morgan fingerprint density at radius 1 is 1.15 bits per heavy atom. The fourth-order valence-electron chi connectivity index (χ4n) is 2.17. The minimum atomic E-state index is -0.664. The van der Waals surface area contributed by atoms with Crippen LogP contribution in [-0.2, 0) is 4.74 Å². The van der Waals surface area contributed by atoms with E-state index in [0.717, 1.165) is 0 Å². The smallest absolute Gasteiger partial charge is 0.340 e. The first kappa shape index (κ1) is 12.7. The van der Waals surface area contributed by atoms with Crippen molar-refractivity contribution >= 4 is 39.5 Å². The van der Waals surface area contributed by atoms with Crippen LogP contribution in [-0.4, -0.2) is 13.1 Å². The largest absolute Gasteiger partial charge is 0.465 e. The average molecular weight is 289 g/mol. The highest BCUT2D eigenvalue weighted by atomic mass is 35.5. The van der Waals surface area contributed by atoms with E-state index >= 15 is 0 Å². The highest BCUT2D eigenvalue weighted by molar-refractivity contribution is 6.35. The highest BCUT2D eigenvalue weighted by Crippen LogP contribution is 2.27. The number of esters is 1. The molecule has 0 aliphatic rings. The minimum absolute atomic E-state index is 0.0335. The van der Waals surface area contributed by atoms with Crippen LogP contribution in [0.2, 0.25) is 5.02 Å². The summed E-state index contributed by atoms with van der Waals surface area (Å²) in [6.45, 7) is 0. The summed E-state index contributed by atoms with van der Waals surface area (Å²) in [6, 6.07) is 9.92. The molecule has 0 unspecified atom stereocenters. The Balaban J connectivity index is 2.57. The SMILES string of the molecule is COC(=O)c1c(Cl)ccc2oc3ccccc3c(=O)c12. The third-order valence-electron chi connectivity index (χ3n) is 3.08. The molecule has 1 heterocycles. The fraction of sp³-hybridized carbons (Fsp3) is 0.0667. The van der Waals surface area contributed by atoms with Crippen LogP contribution in [0.1, 0.15) is 10.4 Å². The van der Waals surface area contributed by atoms with Crippen molar-refractivity contribution < 1.29 is 13.9 Å². The van der Waals surface area contributed by atoms with Gasteiger partial charge in [-0.2, -0.15) is 0 Å². The summed E-state index contributed by atoms with van der Waals surface area (Å²) in [5, 5.41) is 0.697. The van der Waals surface area contributed by atoms with E-state index in [2.05, 4.69) is 4.74 Å². The molecule has 0 aliphatic carbocycles.